The summed E-state index contributed by atoms with van der Waals surface area (Å²) in [5.41, 5.74) is -5.49. The lowest BCUT2D eigenvalue weighted by Gasteiger charge is -2.41. The number of hydrogen-bond acceptors (Lipinski definition) is 22. The summed E-state index contributed by atoms with van der Waals surface area (Å²) < 4.78 is 45.5. The van der Waals surface area contributed by atoms with Crippen LogP contribution in [0.4, 0.5) is 0 Å². The molecule has 2 aromatic carbocycles. The van der Waals surface area contributed by atoms with Gasteiger partial charge in [0, 0.05) is 24.0 Å². The molecule has 0 unspecified atom stereocenters. The number of hydrogen-bond donors (Lipinski definition) is 12. The molecule has 0 aromatic heterocycles. The molecule has 12 N–H and O–H groups in total. The predicted molar refractivity (Wildman–Crippen MR) is 199 cm³/mol. The number of allylic oxidation sites excluding steroid dienone is 2. The Morgan fingerprint density at radius 2 is 1.11 bits per heavy atom. The third-order valence-electron chi connectivity index (χ3n) is 11.5. The highest BCUT2D eigenvalue weighted by Crippen LogP contribution is 2.56. The zero-order chi connectivity index (χ0) is 44.8. The maximum Gasteiger partial charge on any atom is 0.348 e. The second-order valence-electron chi connectivity index (χ2n) is 15.4. The molecule has 2 aliphatic carbocycles. The molecular formula is C40H48O22. The standard InChI is InChI=1S/C40H48O22/c41-15-23-25(45)27(47)29(49)33(57-23)59-31-19(7-5-9-21(31)43)17-55-35(51)37(53)11-1-4-14-40(37)61-38(12-2-3-13-39(38,54)62-40)36(52)56-18-20-8-6-10-22(44)32(20)60-34-30(50)28(48)26(46)24(16-42)58-34/h1-2,5-12,23-30,33-34,41-50,53-54H,3-4,13-18H2/t23-,24-,25-,26-,27+,28+,29-,30-,33+,34+,37-,38-,39-,40-/m0/s1. The summed E-state index contributed by atoms with van der Waals surface area (Å²) in [5.74, 6) is -9.63. The highest BCUT2D eigenvalue weighted by Gasteiger charge is 2.76. The van der Waals surface area contributed by atoms with Crippen molar-refractivity contribution >= 4 is 11.9 Å². The molecule has 0 radical (unpaired) electrons. The Balaban J connectivity index is 1.10. The van der Waals surface area contributed by atoms with Crippen LogP contribution >= 0.6 is 0 Å². The number of carbonyl (C=O) groups excluding carboxylic acids is 2. The minimum Gasteiger partial charge on any atom is -0.504 e. The van der Waals surface area contributed by atoms with Crippen molar-refractivity contribution in [2.24, 2.45) is 0 Å². The van der Waals surface area contributed by atoms with Crippen molar-refractivity contribution in [1.82, 2.24) is 0 Å². The lowest BCUT2D eigenvalue weighted by molar-refractivity contribution is -0.304. The number of benzene rings is 2. The van der Waals surface area contributed by atoms with Crippen molar-refractivity contribution in [2.45, 2.75) is 123 Å². The average molecular weight is 881 g/mol. The number of aliphatic hydroxyl groups excluding tert-OH is 8. The second-order valence-corrected chi connectivity index (χ2v) is 15.4. The van der Waals surface area contributed by atoms with Crippen molar-refractivity contribution in [3.05, 3.63) is 71.8 Å². The van der Waals surface area contributed by atoms with E-state index in [4.69, 9.17) is 37.9 Å². The summed E-state index contributed by atoms with van der Waals surface area (Å²) in [7, 11) is 0. The van der Waals surface area contributed by atoms with E-state index >= 15 is 0 Å². The van der Waals surface area contributed by atoms with E-state index in [1.807, 2.05) is 0 Å². The van der Waals surface area contributed by atoms with Crippen LogP contribution in [-0.4, -0.2) is 171 Å². The number of ether oxygens (including phenoxy) is 8. The third kappa shape index (κ3) is 7.79. The molecule has 1 spiro atoms. The van der Waals surface area contributed by atoms with Crippen LogP contribution in [0.2, 0.25) is 0 Å². The molecular weight excluding hydrogens is 832 g/mol. The Bertz CT molecular complexity index is 2020. The minimum absolute atomic E-state index is 0.0359. The van der Waals surface area contributed by atoms with Gasteiger partial charge in [-0.25, -0.2) is 9.59 Å². The lowest BCUT2D eigenvalue weighted by Crippen LogP contribution is -2.62. The Morgan fingerprint density at radius 1 is 0.629 bits per heavy atom. The van der Waals surface area contributed by atoms with Crippen molar-refractivity contribution in [3.8, 4) is 23.0 Å². The Hall–Kier alpha value is -4.50. The van der Waals surface area contributed by atoms with E-state index < -0.39 is 140 Å². The van der Waals surface area contributed by atoms with Gasteiger partial charge in [0.25, 0.3) is 0 Å². The van der Waals surface area contributed by atoms with Crippen molar-refractivity contribution in [1.29, 1.82) is 0 Å². The number of phenols is 2. The van der Waals surface area contributed by atoms with Gasteiger partial charge in [-0.15, -0.1) is 0 Å². The molecule has 340 valence electrons. The molecule has 0 bridgehead atoms. The van der Waals surface area contributed by atoms with E-state index in [2.05, 4.69) is 0 Å². The van der Waals surface area contributed by atoms with Gasteiger partial charge in [-0.1, -0.05) is 36.4 Å². The minimum atomic E-state index is -2.87. The second kappa shape index (κ2) is 17.6. The van der Waals surface area contributed by atoms with Gasteiger partial charge in [0.05, 0.1) is 13.2 Å². The summed E-state index contributed by atoms with van der Waals surface area (Å²) in [4.78, 5) is 28.2. The Kier molecular flexibility index (Phi) is 12.9. The number of fused-ring (bicyclic) bond motifs is 1. The number of aliphatic hydroxyl groups is 10. The van der Waals surface area contributed by atoms with E-state index in [0.29, 0.717) is 0 Å². The summed E-state index contributed by atoms with van der Waals surface area (Å²) in [5, 5.41) is 126. The fraction of sp³-hybridized carbons (Fsp3) is 0.550. The number of rotatable bonds is 12. The monoisotopic (exact) mass is 880 g/mol. The van der Waals surface area contributed by atoms with Gasteiger partial charge >= 0.3 is 11.9 Å². The van der Waals surface area contributed by atoms with Gasteiger partial charge in [0.15, 0.2) is 23.0 Å². The van der Waals surface area contributed by atoms with Crippen LogP contribution in [0.5, 0.6) is 23.0 Å². The van der Waals surface area contributed by atoms with Crippen LogP contribution < -0.4 is 9.47 Å². The van der Waals surface area contributed by atoms with E-state index in [0.717, 1.165) is 12.2 Å². The van der Waals surface area contributed by atoms with Crippen LogP contribution in [0.15, 0.2) is 60.7 Å². The summed E-state index contributed by atoms with van der Waals surface area (Å²) in [6.45, 7) is -2.96. The van der Waals surface area contributed by atoms with Gasteiger partial charge in [-0.2, -0.15) is 0 Å². The molecule has 3 fully saturated rings. The fourth-order valence-corrected chi connectivity index (χ4v) is 7.94. The first-order valence-corrected chi connectivity index (χ1v) is 19.6. The van der Waals surface area contributed by atoms with Gasteiger partial charge < -0.3 is 99.2 Å². The predicted octanol–water partition coefficient (Wildman–Crippen LogP) is -3.16. The first-order valence-electron chi connectivity index (χ1n) is 19.6. The van der Waals surface area contributed by atoms with Gasteiger partial charge in [0.2, 0.25) is 35.4 Å². The van der Waals surface area contributed by atoms with Gasteiger partial charge in [-0.05, 0) is 37.1 Å². The maximum absolute atomic E-state index is 14.2. The summed E-state index contributed by atoms with van der Waals surface area (Å²) in [6.07, 6.45) is -12.2. The number of carbonyl (C=O) groups is 2. The zero-order valence-electron chi connectivity index (χ0n) is 32.7. The molecule has 3 saturated heterocycles. The smallest absolute Gasteiger partial charge is 0.348 e. The van der Waals surface area contributed by atoms with E-state index in [9.17, 15) is 70.9 Å². The highest BCUT2D eigenvalue weighted by atomic mass is 16.8. The molecule has 0 amide bonds. The van der Waals surface area contributed by atoms with Crippen LogP contribution in [0.1, 0.15) is 36.8 Å². The van der Waals surface area contributed by atoms with E-state index in [1.54, 1.807) is 0 Å². The SMILES string of the molecule is O=C(OCc1cccc(O)c1O[C@H]1O[C@@H](CO)[C@H](O)[C@@H](O)[C@@H]1O)[C@@]12C=CCC[C@]1(O)O[C@]1(CCC=C[C@]1(O)C(=O)OCc1cccc(O)c1O[C@H]1O[C@@H](CO)[C@H](O)[C@@H](O)[C@@H]1O)O2. The first-order chi connectivity index (χ1) is 29.4. The number of para-hydroxylation sites is 2. The first kappa shape index (κ1) is 45.5. The molecule has 0 saturated carbocycles. The van der Waals surface area contributed by atoms with Crippen LogP contribution in [0.3, 0.4) is 0 Å². The van der Waals surface area contributed by atoms with Crippen molar-refractivity contribution < 1.29 is 109 Å². The van der Waals surface area contributed by atoms with Crippen LogP contribution in [0, 0.1) is 0 Å². The summed E-state index contributed by atoms with van der Waals surface area (Å²) >= 11 is 0. The molecule has 3 heterocycles. The quantitative estimate of drug-likeness (QED) is 0.0739. The average Bonchev–Trinajstić information content (AvgIpc) is 3.54. The van der Waals surface area contributed by atoms with Crippen LogP contribution in [0.25, 0.3) is 0 Å². The van der Waals surface area contributed by atoms with Crippen molar-refractivity contribution in [3.63, 3.8) is 0 Å². The molecule has 3 aliphatic heterocycles. The number of phenolic OH excluding ortho intramolecular Hbond substituents is 2. The Labute approximate surface area is 351 Å². The molecule has 14 atom stereocenters. The molecule has 7 rings (SSSR count). The van der Waals surface area contributed by atoms with E-state index in [-0.39, 0.29) is 42.6 Å². The number of esters is 2. The van der Waals surface area contributed by atoms with Crippen LogP contribution in [-0.2, 0) is 51.2 Å². The molecule has 5 aliphatic rings. The third-order valence-corrected chi connectivity index (χ3v) is 11.5. The Morgan fingerprint density at radius 3 is 1.63 bits per heavy atom. The maximum atomic E-state index is 14.2. The fourth-order valence-electron chi connectivity index (χ4n) is 7.94. The van der Waals surface area contributed by atoms with Crippen molar-refractivity contribution in [2.75, 3.05) is 13.2 Å². The lowest BCUT2D eigenvalue weighted by atomic mass is 9.83. The van der Waals surface area contributed by atoms with Gasteiger partial charge in [-0.3, -0.25) is 0 Å². The topological polar surface area (TPSA) is 351 Å². The highest BCUT2D eigenvalue weighted by molar-refractivity contribution is 5.87. The molecule has 22 nitrogen and oxygen atoms in total. The number of aromatic hydroxyl groups is 2. The summed E-state index contributed by atoms with van der Waals surface area (Å²) in [6, 6.07) is 7.77. The van der Waals surface area contributed by atoms with Gasteiger partial charge in [0.1, 0.15) is 62.0 Å². The molecule has 62 heavy (non-hydrogen) atoms. The zero-order valence-corrected chi connectivity index (χ0v) is 32.7. The molecule has 2 aromatic rings. The molecule has 22 heteroatoms. The largest absolute Gasteiger partial charge is 0.504 e. The normalized spacial score (nSPS) is 38.9. The van der Waals surface area contributed by atoms with E-state index in [1.165, 1.54) is 48.6 Å².